The van der Waals surface area contributed by atoms with E-state index < -0.39 is 0 Å². The number of amides is 1. The highest BCUT2D eigenvalue weighted by Crippen LogP contribution is 2.32. The molecule has 0 aliphatic heterocycles. The predicted octanol–water partition coefficient (Wildman–Crippen LogP) is 2.74. The van der Waals surface area contributed by atoms with Crippen molar-refractivity contribution < 1.29 is 4.79 Å². The van der Waals surface area contributed by atoms with Crippen LogP contribution in [0.15, 0.2) is 24.3 Å². The minimum Gasteiger partial charge on any atom is -0.326 e. The van der Waals surface area contributed by atoms with Crippen molar-refractivity contribution in [3.63, 3.8) is 0 Å². The Balaban J connectivity index is 1.92. The number of carbonyl (C=O) groups excluding carboxylic acids is 1. The van der Waals surface area contributed by atoms with Crippen LogP contribution in [0.1, 0.15) is 45.1 Å². The van der Waals surface area contributed by atoms with Crippen molar-refractivity contribution in [2.24, 2.45) is 5.73 Å². The SMILES string of the molecule is CCN(CC)Cc1cccc(NC(=O)CC2(N)CCC2)c1. The lowest BCUT2D eigenvalue weighted by Crippen LogP contribution is -2.48. The van der Waals surface area contributed by atoms with Crippen LogP contribution >= 0.6 is 0 Å². The number of anilines is 1. The van der Waals surface area contributed by atoms with Crippen molar-refractivity contribution >= 4 is 11.6 Å². The third kappa shape index (κ3) is 4.55. The van der Waals surface area contributed by atoms with E-state index in [1.165, 1.54) is 5.56 Å². The van der Waals surface area contributed by atoms with Crippen molar-refractivity contribution in [3.8, 4) is 0 Å². The standard InChI is InChI=1S/C17H27N3O/c1-3-20(4-2)13-14-7-5-8-15(11-14)19-16(21)12-17(18)9-6-10-17/h5,7-8,11H,3-4,6,9-10,12-13,18H2,1-2H3,(H,19,21). The first-order valence-corrected chi connectivity index (χ1v) is 7.94. The van der Waals surface area contributed by atoms with Crippen LogP contribution < -0.4 is 11.1 Å². The summed E-state index contributed by atoms with van der Waals surface area (Å²) in [6, 6.07) is 8.09. The monoisotopic (exact) mass is 289 g/mol. The average molecular weight is 289 g/mol. The molecule has 4 heteroatoms. The molecular weight excluding hydrogens is 262 g/mol. The van der Waals surface area contributed by atoms with Gasteiger partial charge in [0.15, 0.2) is 0 Å². The third-order valence-corrected chi connectivity index (χ3v) is 4.37. The van der Waals surface area contributed by atoms with Gasteiger partial charge in [-0.05, 0) is 50.0 Å². The lowest BCUT2D eigenvalue weighted by atomic mass is 9.75. The highest BCUT2D eigenvalue weighted by Gasteiger charge is 2.34. The zero-order valence-corrected chi connectivity index (χ0v) is 13.2. The molecular formula is C17H27N3O. The first-order chi connectivity index (χ1) is 10.0. The molecule has 21 heavy (non-hydrogen) atoms. The number of hydrogen-bond donors (Lipinski definition) is 2. The van der Waals surface area contributed by atoms with Crippen LogP contribution in [0.4, 0.5) is 5.69 Å². The molecule has 0 bridgehead atoms. The molecule has 0 radical (unpaired) electrons. The van der Waals surface area contributed by atoms with Crippen molar-refractivity contribution in [3.05, 3.63) is 29.8 Å². The van der Waals surface area contributed by atoms with Crippen molar-refractivity contribution in [2.45, 2.75) is 51.6 Å². The summed E-state index contributed by atoms with van der Waals surface area (Å²) in [5.41, 5.74) is 7.95. The van der Waals surface area contributed by atoms with Crippen LogP contribution in [0.25, 0.3) is 0 Å². The average Bonchev–Trinajstić information content (AvgIpc) is 2.43. The zero-order chi connectivity index (χ0) is 15.3. The van der Waals surface area contributed by atoms with Gasteiger partial charge in [-0.1, -0.05) is 26.0 Å². The summed E-state index contributed by atoms with van der Waals surface area (Å²) < 4.78 is 0. The van der Waals surface area contributed by atoms with Gasteiger partial charge in [0.1, 0.15) is 0 Å². The molecule has 4 nitrogen and oxygen atoms in total. The summed E-state index contributed by atoms with van der Waals surface area (Å²) in [7, 11) is 0. The van der Waals surface area contributed by atoms with E-state index >= 15 is 0 Å². The Bertz CT molecular complexity index is 479. The Kier molecular flexibility index (Phi) is 5.37. The molecule has 1 aromatic carbocycles. The van der Waals surface area contributed by atoms with E-state index in [-0.39, 0.29) is 11.4 Å². The third-order valence-electron chi connectivity index (χ3n) is 4.37. The van der Waals surface area contributed by atoms with Gasteiger partial charge < -0.3 is 11.1 Å². The molecule has 0 heterocycles. The summed E-state index contributed by atoms with van der Waals surface area (Å²) in [5, 5.41) is 2.98. The maximum atomic E-state index is 12.1. The van der Waals surface area contributed by atoms with E-state index in [4.69, 9.17) is 5.73 Å². The molecule has 0 unspecified atom stereocenters. The summed E-state index contributed by atoms with van der Waals surface area (Å²) in [4.78, 5) is 14.4. The number of nitrogens with two attached hydrogens (primary N) is 1. The van der Waals surface area contributed by atoms with E-state index in [2.05, 4.69) is 36.2 Å². The molecule has 1 aliphatic rings. The number of carbonyl (C=O) groups is 1. The molecule has 1 aromatic rings. The number of hydrogen-bond acceptors (Lipinski definition) is 3. The Morgan fingerprint density at radius 2 is 2.05 bits per heavy atom. The minimum absolute atomic E-state index is 0.0252. The van der Waals surface area contributed by atoms with Crippen LogP contribution in [0.5, 0.6) is 0 Å². The lowest BCUT2D eigenvalue weighted by molar-refractivity contribution is -0.118. The molecule has 1 fully saturated rings. The molecule has 1 saturated carbocycles. The first-order valence-electron chi connectivity index (χ1n) is 7.94. The number of benzene rings is 1. The summed E-state index contributed by atoms with van der Waals surface area (Å²) in [6.07, 6.45) is 3.49. The minimum atomic E-state index is -0.261. The fraction of sp³-hybridized carbons (Fsp3) is 0.588. The Morgan fingerprint density at radius 3 is 2.62 bits per heavy atom. The molecule has 1 amide bonds. The summed E-state index contributed by atoms with van der Waals surface area (Å²) >= 11 is 0. The fourth-order valence-corrected chi connectivity index (χ4v) is 2.79. The van der Waals surface area contributed by atoms with E-state index in [0.29, 0.717) is 6.42 Å². The quantitative estimate of drug-likeness (QED) is 0.811. The van der Waals surface area contributed by atoms with Gasteiger partial charge in [0.25, 0.3) is 0 Å². The molecule has 0 atom stereocenters. The number of nitrogens with one attached hydrogen (secondary N) is 1. The Labute approximate surface area is 127 Å². The second-order valence-corrected chi connectivity index (χ2v) is 6.10. The van der Waals surface area contributed by atoms with Gasteiger partial charge >= 0.3 is 0 Å². The Hall–Kier alpha value is -1.39. The van der Waals surface area contributed by atoms with Gasteiger partial charge in [0.05, 0.1) is 0 Å². The highest BCUT2D eigenvalue weighted by molar-refractivity contribution is 5.91. The maximum absolute atomic E-state index is 12.1. The van der Waals surface area contributed by atoms with E-state index in [1.807, 2.05) is 12.1 Å². The summed E-state index contributed by atoms with van der Waals surface area (Å²) in [5.74, 6) is 0.0252. The smallest absolute Gasteiger partial charge is 0.226 e. The topological polar surface area (TPSA) is 58.4 Å². The Morgan fingerprint density at radius 1 is 1.33 bits per heavy atom. The number of nitrogens with zero attached hydrogens (tertiary/aromatic N) is 1. The van der Waals surface area contributed by atoms with Crippen LogP contribution in [-0.4, -0.2) is 29.4 Å². The van der Waals surface area contributed by atoms with Gasteiger partial charge in [-0.15, -0.1) is 0 Å². The van der Waals surface area contributed by atoms with Crippen LogP contribution in [0.2, 0.25) is 0 Å². The van der Waals surface area contributed by atoms with Gasteiger partial charge in [-0.2, -0.15) is 0 Å². The van der Waals surface area contributed by atoms with Crippen molar-refractivity contribution in [2.75, 3.05) is 18.4 Å². The summed E-state index contributed by atoms with van der Waals surface area (Å²) in [6.45, 7) is 7.30. The van der Waals surface area contributed by atoms with Crippen LogP contribution in [0, 0.1) is 0 Å². The molecule has 0 spiro atoms. The molecule has 0 aromatic heterocycles. The molecule has 1 aliphatic carbocycles. The van der Waals surface area contributed by atoms with E-state index in [1.54, 1.807) is 0 Å². The second-order valence-electron chi connectivity index (χ2n) is 6.10. The van der Waals surface area contributed by atoms with Gasteiger partial charge in [0, 0.05) is 24.2 Å². The first kappa shape index (κ1) is 16.0. The molecule has 2 rings (SSSR count). The van der Waals surface area contributed by atoms with Gasteiger partial charge in [0.2, 0.25) is 5.91 Å². The van der Waals surface area contributed by atoms with Gasteiger partial charge in [-0.25, -0.2) is 0 Å². The predicted molar refractivity (Wildman–Crippen MR) is 87.1 cm³/mol. The molecule has 0 saturated heterocycles. The van der Waals surface area contributed by atoms with Crippen LogP contribution in [0.3, 0.4) is 0 Å². The zero-order valence-electron chi connectivity index (χ0n) is 13.2. The largest absolute Gasteiger partial charge is 0.326 e. The van der Waals surface area contributed by atoms with E-state index in [0.717, 1.165) is 44.6 Å². The second kappa shape index (κ2) is 7.05. The fourth-order valence-electron chi connectivity index (χ4n) is 2.79. The number of rotatable bonds is 7. The highest BCUT2D eigenvalue weighted by atomic mass is 16.1. The molecule has 116 valence electrons. The van der Waals surface area contributed by atoms with Gasteiger partial charge in [-0.3, -0.25) is 9.69 Å². The maximum Gasteiger partial charge on any atom is 0.226 e. The molecule has 3 N–H and O–H groups in total. The normalized spacial score (nSPS) is 16.6. The lowest BCUT2D eigenvalue weighted by Gasteiger charge is -2.37. The van der Waals surface area contributed by atoms with E-state index in [9.17, 15) is 4.79 Å². The van der Waals surface area contributed by atoms with Crippen LogP contribution in [-0.2, 0) is 11.3 Å². The van der Waals surface area contributed by atoms with Crippen molar-refractivity contribution in [1.29, 1.82) is 0 Å². The van der Waals surface area contributed by atoms with Crippen molar-refractivity contribution in [1.82, 2.24) is 4.90 Å².